The van der Waals surface area contributed by atoms with Crippen LogP contribution in [-0.4, -0.2) is 102 Å². The summed E-state index contributed by atoms with van der Waals surface area (Å²) in [7, 11) is -15.0. The maximum absolute atomic E-state index is 12.7. The van der Waals surface area contributed by atoms with Crippen molar-refractivity contribution >= 4 is 187 Å². The summed E-state index contributed by atoms with van der Waals surface area (Å²) in [6.45, 7) is 0. The lowest BCUT2D eigenvalue weighted by Crippen LogP contribution is -2.05. The number of aliphatic imine (C=N–C) groups is 2. The minimum Gasteiger partial charge on any atom is -0.506 e. The molecule has 0 atom stereocenters. The number of halogens is 2. The topological polar surface area (TPSA) is 501 Å². The summed E-state index contributed by atoms with van der Waals surface area (Å²) in [6.07, 6.45) is 3.05. The number of aromatic nitrogens is 6. The summed E-state index contributed by atoms with van der Waals surface area (Å²) in [5.41, 5.74) is -1.19. The zero-order chi connectivity index (χ0) is 59.2. The van der Waals surface area contributed by atoms with Crippen molar-refractivity contribution in [3.05, 3.63) is 95.7 Å². The molecule has 0 amide bonds. The molecule has 2 aromatic heterocycles. The number of anilines is 6. The molecular formula is C40H26Cl2N16O18S6. The van der Waals surface area contributed by atoms with Crippen molar-refractivity contribution in [3.8, 4) is 11.4 Å². The van der Waals surface area contributed by atoms with Gasteiger partial charge in [0, 0.05) is 44.5 Å². The highest BCUT2D eigenvalue weighted by Crippen LogP contribution is 2.42. The number of hydrogen-bond donors (Lipinski definition) is 10. The van der Waals surface area contributed by atoms with Crippen molar-refractivity contribution in [3.63, 3.8) is 0 Å². The summed E-state index contributed by atoms with van der Waals surface area (Å²) in [5, 5.41) is 56.4. The molecule has 82 heavy (non-hydrogen) atoms. The highest BCUT2D eigenvalue weighted by molar-refractivity contribution is 8.13. The number of hydrogen-bond acceptors (Lipinski definition) is 33. The quantitative estimate of drug-likeness (QED) is 0.00288. The van der Waals surface area contributed by atoms with E-state index in [1.807, 2.05) is 12.0 Å². The zero-order valence-electron chi connectivity index (χ0n) is 39.4. The van der Waals surface area contributed by atoms with E-state index in [9.17, 15) is 49.4 Å². The number of aliphatic hydroxyl groups is 1. The Bertz CT molecular complexity index is 4220. The van der Waals surface area contributed by atoms with Crippen LogP contribution < -0.4 is 21.8 Å². The molecule has 0 fully saturated rings. The van der Waals surface area contributed by atoms with Gasteiger partial charge in [-0.15, -0.1) is 24.8 Å². The number of nitrogens with one attached hydrogen (secondary N) is 3. The van der Waals surface area contributed by atoms with Gasteiger partial charge in [0.25, 0.3) is 20.2 Å². The second-order valence-electron chi connectivity index (χ2n) is 14.4. The van der Waals surface area contributed by atoms with E-state index in [0.29, 0.717) is 23.2 Å². The smallest absolute Gasteiger partial charge is 0.433 e. The largest absolute Gasteiger partial charge is 0.506 e. The van der Waals surface area contributed by atoms with Crippen molar-refractivity contribution < 1.29 is 82.6 Å². The number of fused-ring (bicyclic) bond motifs is 1. The standard InChI is InChI=1S/C40H26Cl2N16O18S6/c41-34-49-36(46-20-2-7-24(26(14-20)45-18-72-43)55-56-25-6-1-19-13-22(77-12-11-73-76-82(69,70)71)4-5-23(19)33(25)81(66,67)68)53-38(50-34)48-27-16-30(44-9-10-59)32(80(63,64)65)17-28(27)57-58-29-15-21(3-8-31(29)79-75-74-62)47-37-51-35(42)52-39(54-37)78-40(60)61/h1-8,10,13-18,59,62H,43H2,(H,60,61)(H,63,64,65)(H,66,67,68)(H,69,70,71)(H,47,51,52,54)(H2,46,48,49,50,53). The van der Waals surface area contributed by atoms with E-state index in [1.165, 1.54) is 66.7 Å². The second-order valence-corrected chi connectivity index (χ2v) is 21.4. The van der Waals surface area contributed by atoms with Gasteiger partial charge in [0.05, 0.1) is 34.0 Å². The van der Waals surface area contributed by atoms with E-state index in [-0.39, 0.29) is 101 Å². The number of thioether (sulfide) groups is 2. The van der Waals surface area contributed by atoms with Gasteiger partial charge in [0.1, 0.15) is 38.8 Å². The van der Waals surface area contributed by atoms with Crippen molar-refractivity contribution in [2.75, 3.05) is 16.0 Å². The van der Waals surface area contributed by atoms with Gasteiger partial charge in [-0.1, -0.05) is 17.2 Å². The number of rotatable bonds is 22. The minimum atomic E-state index is -5.11. The van der Waals surface area contributed by atoms with E-state index in [0.717, 1.165) is 30.3 Å². The number of aliphatic hydroxyl groups excluding tert-OH is 1. The summed E-state index contributed by atoms with van der Waals surface area (Å²) in [6, 6.07) is 17.0. The molecule has 424 valence electrons. The lowest BCUT2D eigenvalue weighted by molar-refractivity contribution is -0.432. The molecule has 11 N–H and O–H groups in total. The van der Waals surface area contributed by atoms with Crippen molar-refractivity contribution in [1.29, 1.82) is 0 Å². The van der Waals surface area contributed by atoms with E-state index < -0.39 is 56.7 Å². The first kappa shape index (κ1) is 61.3. The Morgan fingerprint density at radius 2 is 1.35 bits per heavy atom. The Labute approximate surface area is 480 Å². The van der Waals surface area contributed by atoms with Crippen LogP contribution in [0.4, 0.5) is 73.8 Å². The number of benzene rings is 5. The van der Waals surface area contributed by atoms with Gasteiger partial charge in [-0.2, -0.15) is 61.1 Å². The molecule has 0 radical (unpaired) electrons. The van der Waals surface area contributed by atoms with Crippen LogP contribution in [0.5, 0.6) is 0 Å². The molecule has 0 saturated heterocycles. The fourth-order valence-corrected chi connectivity index (χ4v) is 9.52. The maximum Gasteiger partial charge on any atom is 0.433 e. The predicted molar refractivity (Wildman–Crippen MR) is 290 cm³/mol. The van der Waals surface area contributed by atoms with Gasteiger partial charge in [-0.05, 0) is 111 Å². The monoisotopic (exact) mass is 1280 g/mol. The van der Waals surface area contributed by atoms with Crippen LogP contribution in [-0.2, 0) is 54.1 Å². The van der Waals surface area contributed by atoms with Gasteiger partial charge in [0.2, 0.25) is 40.0 Å². The van der Waals surface area contributed by atoms with Crippen LogP contribution in [0, 0.1) is 11.4 Å². The van der Waals surface area contributed by atoms with Gasteiger partial charge in [-0.25, -0.2) is 20.0 Å². The molecule has 5 aromatic carbocycles. The molecule has 0 bridgehead atoms. The lowest BCUT2D eigenvalue weighted by atomic mass is 10.1. The summed E-state index contributed by atoms with van der Waals surface area (Å²) >= 11 is 13.8. The third kappa shape index (κ3) is 17.6. The van der Waals surface area contributed by atoms with Crippen LogP contribution in [0.2, 0.25) is 10.6 Å². The Hall–Kier alpha value is -8.31. The van der Waals surface area contributed by atoms with Gasteiger partial charge in [-0.3, -0.25) is 18.5 Å². The maximum atomic E-state index is 12.7. The Balaban J connectivity index is 1.20. The van der Waals surface area contributed by atoms with Crippen molar-refractivity contribution in [2.45, 2.75) is 24.7 Å². The van der Waals surface area contributed by atoms with E-state index in [4.69, 9.17) is 38.9 Å². The molecule has 7 rings (SSSR count). The SMILES string of the molecule is NOC=Nc1cc(Nc2nc(Cl)nc(Nc3cc(N=C=CO)c(S(=O)(=O)O)cc3N=Nc3cc(Nc4nc(Cl)nc(SC(=O)O)n4)ccc3SOOO)n2)ccc1N=Nc1ccc2cc(SC#COOS(=O)(=O)O)ccc2c1S(=O)(=O)O. The fourth-order valence-electron chi connectivity index (χ4n) is 6.21. The number of carboxylic acid groups (broad SMARTS) is 1. The average molecular weight is 1280 g/mol. The molecular weight excluding hydrogens is 1260 g/mol. The third-order valence-electron chi connectivity index (χ3n) is 9.15. The van der Waals surface area contributed by atoms with Crippen LogP contribution in [0.1, 0.15) is 0 Å². The normalized spacial score (nSPS) is 11.8. The molecule has 0 aliphatic heterocycles. The first-order valence-corrected chi connectivity index (χ1v) is 28.2. The molecule has 7 aromatic rings. The highest BCUT2D eigenvalue weighted by atomic mass is 35.5. The summed E-state index contributed by atoms with van der Waals surface area (Å²) in [4.78, 5) is 50.8. The first-order valence-electron chi connectivity index (χ1n) is 20.8. The predicted octanol–water partition coefficient (Wildman–Crippen LogP) is 9.95. The Morgan fingerprint density at radius 1 is 0.707 bits per heavy atom. The van der Waals surface area contributed by atoms with Crippen LogP contribution in [0.15, 0.2) is 140 Å². The van der Waals surface area contributed by atoms with Crippen molar-refractivity contribution in [2.24, 2.45) is 36.3 Å². The zero-order valence-corrected chi connectivity index (χ0v) is 45.8. The first-order chi connectivity index (χ1) is 39.0. The number of carbonyl (C=O) groups is 1. The molecule has 34 nitrogen and oxygen atoms in total. The summed E-state index contributed by atoms with van der Waals surface area (Å²) < 4.78 is 109. The molecule has 0 saturated carbocycles. The fraction of sp³-hybridized carbons (Fsp3) is 0. The lowest BCUT2D eigenvalue weighted by Gasteiger charge is -2.13. The number of nitrogens with two attached hydrogens (primary N) is 1. The molecule has 42 heteroatoms. The Kier molecular flexibility index (Phi) is 20.5. The molecule has 2 heterocycles. The van der Waals surface area contributed by atoms with Gasteiger partial charge < -0.3 is 31.0 Å². The second kappa shape index (κ2) is 27.4. The molecule has 0 spiro atoms. The number of nitrogens with zero attached hydrogens (tertiary/aromatic N) is 12. The average Bonchev–Trinajstić information content (AvgIpc) is 3.61. The molecule has 0 unspecified atom stereocenters. The summed E-state index contributed by atoms with van der Waals surface area (Å²) in [5.74, 6) is 6.43. The highest BCUT2D eigenvalue weighted by Gasteiger charge is 2.23. The minimum absolute atomic E-state index is 0.0102. The van der Waals surface area contributed by atoms with Gasteiger partial charge >= 0.3 is 15.7 Å². The molecule has 0 aliphatic carbocycles. The van der Waals surface area contributed by atoms with E-state index >= 15 is 0 Å². The molecule has 0 aliphatic rings. The number of azo groups is 2. The van der Waals surface area contributed by atoms with Crippen LogP contribution >= 0.6 is 58.8 Å². The Morgan fingerprint density at radius 3 is 2.02 bits per heavy atom. The van der Waals surface area contributed by atoms with Crippen LogP contribution in [0.3, 0.4) is 0 Å². The van der Waals surface area contributed by atoms with Crippen LogP contribution in [0.25, 0.3) is 10.8 Å². The third-order valence-corrected chi connectivity index (χ3v) is 13.4. The van der Waals surface area contributed by atoms with Crippen molar-refractivity contribution in [1.82, 2.24) is 29.9 Å². The van der Waals surface area contributed by atoms with E-state index in [1.54, 1.807) is 0 Å². The van der Waals surface area contributed by atoms with Gasteiger partial charge in [0.15, 0.2) is 6.11 Å². The van der Waals surface area contributed by atoms with E-state index in [2.05, 4.69) is 105 Å².